The lowest BCUT2D eigenvalue weighted by Crippen LogP contribution is -2.27. The number of hydrogen-bond donors (Lipinski definition) is 1. The molecule has 0 radical (unpaired) electrons. The summed E-state index contributed by atoms with van der Waals surface area (Å²) in [5.74, 6) is 4.55. The van der Waals surface area contributed by atoms with Crippen LogP contribution in [0.15, 0.2) is 16.6 Å². The van der Waals surface area contributed by atoms with Crippen molar-refractivity contribution in [1.82, 2.24) is 0 Å². The number of hydrogen-bond acceptors (Lipinski definition) is 3. The molecule has 2 N–H and O–H groups in total. The van der Waals surface area contributed by atoms with Gasteiger partial charge in [-0.2, -0.15) is 11.8 Å². The molecular weight excluding hydrogens is 334 g/mol. The average Bonchev–Trinajstić information content (AvgIpc) is 2.88. The molecule has 0 aromatic heterocycles. The normalized spacial score (nSPS) is 20.5. The van der Waals surface area contributed by atoms with Crippen molar-refractivity contribution in [1.29, 1.82) is 0 Å². The highest BCUT2D eigenvalue weighted by atomic mass is 79.9. The largest absolute Gasteiger partial charge is 0.493 e. The summed E-state index contributed by atoms with van der Waals surface area (Å²) in [6, 6.07) is 4.61. The number of halogens is 1. The van der Waals surface area contributed by atoms with Crippen LogP contribution in [0.2, 0.25) is 0 Å². The highest BCUT2D eigenvalue weighted by molar-refractivity contribution is 9.10. The predicted molar refractivity (Wildman–Crippen MR) is 89.7 cm³/mol. The van der Waals surface area contributed by atoms with Crippen LogP contribution in [0.1, 0.15) is 30.4 Å². The Bertz CT molecular complexity index is 474. The van der Waals surface area contributed by atoms with Gasteiger partial charge in [-0.25, -0.2) is 0 Å². The number of rotatable bonds is 4. The van der Waals surface area contributed by atoms with E-state index in [1.54, 1.807) is 0 Å². The molecule has 0 aliphatic carbocycles. The van der Waals surface area contributed by atoms with Gasteiger partial charge in [0, 0.05) is 16.9 Å². The zero-order chi connectivity index (χ0) is 13.9. The van der Waals surface area contributed by atoms with Gasteiger partial charge >= 0.3 is 0 Å². The smallest absolute Gasteiger partial charge is 0.125 e. The SMILES string of the molecule is NC(Cc1cc(Br)cc2c1OCC2)CC1CCSCC1. The van der Waals surface area contributed by atoms with E-state index >= 15 is 0 Å². The van der Waals surface area contributed by atoms with E-state index < -0.39 is 0 Å². The van der Waals surface area contributed by atoms with E-state index in [2.05, 4.69) is 39.8 Å². The molecule has 1 atom stereocenters. The van der Waals surface area contributed by atoms with Crippen molar-refractivity contribution in [2.75, 3.05) is 18.1 Å². The van der Waals surface area contributed by atoms with Gasteiger partial charge < -0.3 is 10.5 Å². The molecule has 1 saturated heterocycles. The summed E-state index contributed by atoms with van der Waals surface area (Å²) in [5, 5.41) is 0. The number of thioether (sulfide) groups is 1. The first-order valence-electron chi connectivity index (χ1n) is 7.50. The van der Waals surface area contributed by atoms with Crippen LogP contribution in [0.25, 0.3) is 0 Å². The monoisotopic (exact) mass is 355 g/mol. The molecule has 4 heteroatoms. The van der Waals surface area contributed by atoms with Gasteiger partial charge in [0.15, 0.2) is 0 Å². The maximum absolute atomic E-state index is 6.40. The number of benzene rings is 1. The zero-order valence-corrected chi connectivity index (χ0v) is 14.1. The van der Waals surface area contributed by atoms with Crippen molar-refractivity contribution in [2.45, 2.75) is 38.1 Å². The van der Waals surface area contributed by atoms with Gasteiger partial charge in [-0.1, -0.05) is 15.9 Å². The summed E-state index contributed by atoms with van der Waals surface area (Å²) in [6.07, 6.45) is 5.79. The molecule has 2 aliphatic heterocycles. The third-order valence-electron chi connectivity index (χ3n) is 4.28. The maximum atomic E-state index is 6.40. The van der Waals surface area contributed by atoms with Gasteiger partial charge in [-0.3, -0.25) is 0 Å². The Kier molecular flexibility index (Phi) is 4.95. The average molecular weight is 356 g/mol. The van der Waals surface area contributed by atoms with Crippen molar-refractivity contribution in [3.8, 4) is 5.75 Å². The van der Waals surface area contributed by atoms with Crippen molar-refractivity contribution >= 4 is 27.7 Å². The molecule has 110 valence electrons. The van der Waals surface area contributed by atoms with Crippen molar-refractivity contribution in [2.24, 2.45) is 11.7 Å². The molecule has 0 saturated carbocycles. The second kappa shape index (κ2) is 6.71. The number of ether oxygens (including phenoxy) is 1. The van der Waals surface area contributed by atoms with Crippen LogP contribution in [-0.2, 0) is 12.8 Å². The van der Waals surface area contributed by atoms with Gasteiger partial charge in [0.2, 0.25) is 0 Å². The minimum absolute atomic E-state index is 0.255. The third-order valence-corrected chi connectivity index (χ3v) is 5.79. The first kappa shape index (κ1) is 14.7. The van der Waals surface area contributed by atoms with Gasteiger partial charge in [-0.15, -0.1) is 0 Å². The molecule has 2 aliphatic rings. The second-order valence-electron chi connectivity index (χ2n) is 5.91. The van der Waals surface area contributed by atoms with E-state index in [-0.39, 0.29) is 6.04 Å². The molecule has 0 spiro atoms. The lowest BCUT2D eigenvalue weighted by atomic mass is 9.91. The lowest BCUT2D eigenvalue weighted by Gasteiger charge is -2.24. The Balaban J connectivity index is 1.65. The standard InChI is InChI=1S/C16H22BrNOS/c17-14-8-12-1-4-19-16(12)13(9-14)10-15(18)7-11-2-5-20-6-3-11/h8-9,11,15H,1-7,10,18H2. The zero-order valence-electron chi connectivity index (χ0n) is 11.7. The van der Waals surface area contributed by atoms with Crippen molar-refractivity contribution < 1.29 is 4.74 Å². The van der Waals surface area contributed by atoms with Crippen LogP contribution in [0, 0.1) is 5.92 Å². The first-order chi connectivity index (χ1) is 9.72. The van der Waals surface area contributed by atoms with Crippen LogP contribution >= 0.6 is 27.7 Å². The van der Waals surface area contributed by atoms with Gasteiger partial charge in [0.05, 0.1) is 6.61 Å². The van der Waals surface area contributed by atoms with Crippen LogP contribution in [0.4, 0.5) is 0 Å². The number of nitrogens with two attached hydrogens (primary N) is 1. The third kappa shape index (κ3) is 3.52. The van der Waals surface area contributed by atoms with E-state index in [0.717, 1.165) is 42.0 Å². The Morgan fingerprint density at radius 3 is 2.95 bits per heavy atom. The molecule has 3 rings (SSSR count). The Labute approximate surface area is 134 Å². The molecule has 1 fully saturated rings. The van der Waals surface area contributed by atoms with Crippen LogP contribution < -0.4 is 10.5 Å². The van der Waals surface area contributed by atoms with E-state index in [0.29, 0.717) is 0 Å². The summed E-state index contributed by atoms with van der Waals surface area (Å²) < 4.78 is 6.95. The van der Waals surface area contributed by atoms with E-state index in [1.807, 2.05) is 0 Å². The topological polar surface area (TPSA) is 35.2 Å². The second-order valence-corrected chi connectivity index (χ2v) is 8.05. The summed E-state index contributed by atoms with van der Waals surface area (Å²) in [5.41, 5.74) is 9.01. The minimum atomic E-state index is 0.255. The highest BCUT2D eigenvalue weighted by Gasteiger charge is 2.21. The van der Waals surface area contributed by atoms with Crippen molar-refractivity contribution in [3.05, 3.63) is 27.7 Å². The molecule has 2 heterocycles. The van der Waals surface area contributed by atoms with Crippen LogP contribution in [-0.4, -0.2) is 24.2 Å². The van der Waals surface area contributed by atoms with Crippen molar-refractivity contribution in [3.63, 3.8) is 0 Å². The molecule has 2 nitrogen and oxygen atoms in total. The van der Waals surface area contributed by atoms with Gasteiger partial charge in [0.1, 0.15) is 5.75 Å². The summed E-state index contributed by atoms with van der Waals surface area (Å²) in [6.45, 7) is 0.813. The molecule has 0 bridgehead atoms. The highest BCUT2D eigenvalue weighted by Crippen LogP contribution is 2.34. The Hall–Kier alpha value is -0.190. The molecule has 1 aromatic rings. The lowest BCUT2D eigenvalue weighted by molar-refractivity contribution is 0.350. The molecule has 1 unspecified atom stereocenters. The summed E-state index contributed by atoms with van der Waals surface area (Å²) in [7, 11) is 0. The van der Waals surface area contributed by atoms with Gasteiger partial charge in [-0.05, 0) is 66.4 Å². The molecule has 1 aromatic carbocycles. The molecule has 20 heavy (non-hydrogen) atoms. The Morgan fingerprint density at radius 2 is 2.15 bits per heavy atom. The summed E-state index contributed by atoms with van der Waals surface area (Å²) in [4.78, 5) is 0. The van der Waals surface area contributed by atoms with E-state index in [9.17, 15) is 0 Å². The fourth-order valence-electron chi connectivity index (χ4n) is 3.27. The van der Waals surface area contributed by atoms with Crippen LogP contribution in [0.3, 0.4) is 0 Å². The van der Waals surface area contributed by atoms with E-state index in [4.69, 9.17) is 10.5 Å². The fraction of sp³-hybridized carbons (Fsp3) is 0.625. The van der Waals surface area contributed by atoms with E-state index in [1.165, 1.54) is 35.5 Å². The molecule has 0 amide bonds. The fourth-order valence-corrected chi connectivity index (χ4v) is 5.03. The minimum Gasteiger partial charge on any atom is -0.493 e. The van der Waals surface area contributed by atoms with Gasteiger partial charge in [0.25, 0.3) is 0 Å². The summed E-state index contributed by atoms with van der Waals surface area (Å²) >= 11 is 5.69. The first-order valence-corrected chi connectivity index (χ1v) is 9.44. The number of fused-ring (bicyclic) bond motifs is 1. The maximum Gasteiger partial charge on any atom is 0.125 e. The quantitative estimate of drug-likeness (QED) is 0.892. The Morgan fingerprint density at radius 1 is 1.35 bits per heavy atom. The molecular formula is C16H22BrNOS. The van der Waals surface area contributed by atoms with Crippen LogP contribution in [0.5, 0.6) is 5.75 Å². The predicted octanol–water partition coefficient (Wildman–Crippen LogP) is 3.79.